The average Bonchev–Trinajstić information content (AvgIpc) is 3.07. The maximum absolute atomic E-state index is 12.3. The summed E-state index contributed by atoms with van der Waals surface area (Å²) in [4.78, 5) is 14.4. The number of aryl methyl sites for hydroxylation is 2. The molecule has 1 saturated carbocycles. The van der Waals surface area contributed by atoms with E-state index in [1.165, 1.54) is 6.42 Å². The van der Waals surface area contributed by atoms with Crippen LogP contribution in [-0.2, 0) is 17.9 Å². The molecule has 1 atom stereocenters. The monoisotopic (exact) mass is 359 g/mol. The van der Waals surface area contributed by atoms with Gasteiger partial charge in [0.1, 0.15) is 11.9 Å². The van der Waals surface area contributed by atoms with Gasteiger partial charge >= 0.3 is 0 Å². The molecule has 0 radical (unpaired) electrons. The lowest BCUT2D eigenvalue weighted by Crippen LogP contribution is -2.33. The Morgan fingerprint density at radius 1 is 1.38 bits per heavy atom. The van der Waals surface area contributed by atoms with Gasteiger partial charge in [0.25, 0.3) is 0 Å². The summed E-state index contributed by atoms with van der Waals surface area (Å²) < 4.78 is 6.95. The number of fused-ring (bicyclic) bond motifs is 1. The lowest BCUT2D eigenvalue weighted by Gasteiger charge is -2.29. The topological polar surface area (TPSA) is 96.4 Å². The molecule has 2 aromatic rings. The molecule has 0 aromatic carbocycles. The molecule has 26 heavy (non-hydrogen) atoms. The molecule has 0 saturated heterocycles. The minimum absolute atomic E-state index is 0.110. The van der Waals surface area contributed by atoms with Crippen molar-refractivity contribution in [3.8, 4) is 0 Å². The van der Waals surface area contributed by atoms with Crippen molar-refractivity contribution in [1.82, 2.24) is 19.8 Å². The van der Waals surface area contributed by atoms with E-state index in [0.29, 0.717) is 24.0 Å². The van der Waals surface area contributed by atoms with Gasteiger partial charge < -0.3 is 14.9 Å². The minimum Gasteiger partial charge on any atom is -0.386 e. The smallest absolute Gasteiger partial charge is 0.239 e. The van der Waals surface area contributed by atoms with Gasteiger partial charge in [0.05, 0.1) is 17.9 Å². The molecule has 2 N–H and O–H groups in total. The maximum Gasteiger partial charge on any atom is 0.239 e. The molecule has 1 aliphatic heterocycles. The summed E-state index contributed by atoms with van der Waals surface area (Å²) in [6.45, 7) is 4.37. The predicted molar refractivity (Wildman–Crippen MR) is 94.3 cm³/mol. The Kier molecular flexibility index (Phi) is 4.78. The van der Waals surface area contributed by atoms with Gasteiger partial charge in [-0.1, -0.05) is 11.6 Å². The first-order chi connectivity index (χ1) is 12.6. The van der Waals surface area contributed by atoms with Crippen LogP contribution in [0.5, 0.6) is 0 Å². The second-order valence-electron chi connectivity index (χ2n) is 7.35. The van der Waals surface area contributed by atoms with E-state index in [2.05, 4.69) is 20.5 Å². The number of nitrogens with zero attached hydrogens (tertiary/aromatic N) is 4. The SMILES string of the molecule is Cc1cc(NC(=O)CN2CCCn3nc(C(O)C4CCC4)cc3C2)no1. The summed E-state index contributed by atoms with van der Waals surface area (Å²) in [5.74, 6) is 1.35. The standard InChI is InChI=1S/C18H25N5O3/c1-12-8-16(21-26-12)19-17(24)11-22-6-3-7-23-14(10-22)9-15(20-23)18(25)13-4-2-5-13/h8-9,13,18,25H,2-7,10-11H2,1H3,(H,19,21,24). The highest BCUT2D eigenvalue weighted by atomic mass is 16.5. The summed E-state index contributed by atoms with van der Waals surface area (Å²) in [6, 6.07) is 3.70. The fourth-order valence-electron chi connectivity index (χ4n) is 3.64. The number of hydrogen-bond donors (Lipinski definition) is 2. The summed E-state index contributed by atoms with van der Waals surface area (Å²) in [5.41, 5.74) is 1.83. The molecular weight excluding hydrogens is 334 g/mol. The van der Waals surface area contributed by atoms with Crippen molar-refractivity contribution in [3.63, 3.8) is 0 Å². The number of rotatable bonds is 5. The number of nitrogens with one attached hydrogen (secondary N) is 1. The zero-order valence-electron chi connectivity index (χ0n) is 15.0. The van der Waals surface area contributed by atoms with E-state index in [4.69, 9.17) is 4.52 Å². The van der Waals surface area contributed by atoms with Crippen molar-refractivity contribution in [1.29, 1.82) is 0 Å². The summed E-state index contributed by atoms with van der Waals surface area (Å²) in [7, 11) is 0. The summed E-state index contributed by atoms with van der Waals surface area (Å²) in [5, 5.41) is 21.6. The number of aromatic nitrogens is 3. The quantitative estimate of drug-likeness (QED) is 0.846. The van der Waals surface area contributed by atoms with Gasteiger partial charge in [-0.3, -0.25) is 14.4 Å². The lowest BCUT2D eigenvalue weighted by molar-refractivity contribution is -0.117. The van der Waals surface area contributed by atoms with Gasteiger partial charge in [0.15, 0.2) is 5.82 Å². The van der Waals surface area contributed by atoms with E-state index < -0.39 is 6.10 Å². The van der Waals surface area contributed by atoms with Crippen molar-refractivity contribution < 1.29 is 14.4 Å². The number of carbonyl (C=O) groups is 1. The molecular formula is C18H25N5O3. The van der Waals surface area contributed by atoms with Gasteiger partial charge in [-0.05, 0) is 38.2 Å². The number of hydrogen-bond acceptors (Lipinski definition) is 6. The zero-order valence-corrected chi connectivity index (χ0v) is 15.0. The normalized spacial score (nSPS) is 19.5. The second-order valence-corrected chi connectivity index (χ2v) is 7.35. The fraction of sp³-hybridized carbons (Fsp3) is 0.611. The number of carbonyl (C=O) groups excluding carboxylic acids is 1. The number of aliphatic hydroxyl groups excluding tert-OH is 1. The molecule has 1 aliphatic carbocycles. The molecule has 8 heteroatoms. The number of anilines is 1. The Balaban J connectivity index is 1.39. The third-order valence-electron chi connectivity index (χ3n) is 5.27. The van der Waals surface area contributed by atoms with Crippen molar-refractivity contribution in [2.45, 2.75) is 51.8 Å². The highest BCUT2D eigenvalue weighted by Gasteiger charge is 2.30. The van der Waals surface area contributed by atoms with E-state index in [-0.39, 0.29) is 12.5 Å². The van der Waals surface area contributed by atoms with Gasteiger partial charge in [-0.15, -0.1) is 0 Å². The number of aliphatic hydroxyl groups is 1. The molecule has 0 spiro atoms. The van der Waals surface area contributed by atoms with Crippen LogP contribution in [0.25, 0.3) is 0 Å². The molecule has 1 unspecified atom stereocenters. The van der Waals surface area contributed by atoms with E-state index in [9.17, 15) is 9.90 Å². The van der Waals surface area contributed by atoms with Crippen LogP contribution < -0.4 is 5.32 Å². The van der Waals surface area contributed by atoms with E-state index >= 15 is 0 Å². The fourth-order valence-corrected chi connectivity index (χ4v) is 3.64. The molecule has 2 aliphatic rings. The molecule has 140 valence electrons. The van der Waals surface area contributed by atoms with Crippen LogP contribution in [0.15, 0.2) is 16.7 Å². The van der Waals surface area contributed by atoms with Crippen LogP contribution in [0, 0.1) is 12.8 Å². The lowest BCUT2D eigenvalue weighted by atomic mass is 9.80. The van der Waals surface area contributed by atoms with E-state index in [0.717, 1.165) is 43.7 Å². The van der Waals surface area contributed by atoms with Crippen molar-refractivity contribution >= 4 is 11.7 Å². The van der Waals surface area contributed by atoms with Crippen LogP contribution in [-0.4, -0.2) is 43.9 Å². The van der Waals surface area contributed by atoms with E-state index in [1.807, 2.05) is 10.7 Å². The molecule has 1 fully saturated rings. The molecule has 0 bridgehead atoms. The Morgan fingerprint density at radius 2 is 2.23 bits per heavy atom. The molecule has 8 nitrogen and oxygen atoms in total. The summed E-state index contributed by atoms with van der Waals surface area (Å²) >= 11 is 0. The molecule has 3 heterocycles. The molecule has 1 amide bonds. The van der Waals surface area contributed by atoms with Crippen molar-refractivity contribution in [3.05, 3.63) is 29.3 Å². The van der Waals surface area contributed by atoms with Crippen LogP contribution in [0.1, 0.15) is 48.9 Å². The van der Waals surface area contributed by atoms with Crippen molar-refractivity contribution in [2.75, 3.05) is 18.4 Å². The molecule has 4 rings (SSSR count). The third-order valence-corrected chi connectivity index (χ3v) is 5.27. The van der Waals surface area contributed by atoms with Gasteiger partial charge in [-0.25, -0.2) is 0 Å². The first kappa shape index (κ1) is 17.2. The average molecular weight is 359 g/mol. The van der Waals surface area contributed by atoms with Crippen molar-refractivity contribution in [2.24, 2.45) is 5.92 Å². The largest absolute Gasteiger partial charge is 0.386 e. The Labute approximate surface area is 152 Å². The molecule has 2 aromatic heterocycles. The minimum atomic E-state index is -0.463. The van der Waals surface area contributed by atoms with Crippen LogP contribution >= 0.6 is 0 Å². The zero-order chi connectivity index (χ0) is 18.1. The van der Waals surface area contributed by atoms with Gasteiger partial charge in [0, 0.05) is 25.7 Å². The Bertz CT molecular complexity index is 780. The first-order valence-electron chi connectivity index (χ1n) is 9.29. The second kappa shape index (κ2) is 7.20. The third kappa shape index (κ3) is 3.66. The maximum atomic E-state index is 12.3. The highest BCUT2D eigenvalue weighted by molar-refractivity contribution is 5.91. The van der Waals surface area contributed by atoms with Gasteiger partial charge in [0.2, 0.25) is 5.91 Å². The van der Waals surface area contributed by atoms with Crippen LogP contribution in [0.3, 0.4) is 0 Å². The van der Waals surface area contributed by atoms with E-state index in [1.54, 1.807) is 13.0 Å². The van der Waals surface area contributed by atoms with Crippen LogP contribution in [0.2, 0.25) is 0 Å². The highest BCUT2D eigenvalue weighted by Crippen LogP contribution is 2.37. The predicted octanol–water partition coefficient (Wildman–Crippen LogP) is 1.86. The first-order valence-corrected chi connectivity index (χ1v) is 9.29. The summed E-state index contributed by atoms with van der Waals surface area (Å²) in [6.07, 6.45) is 3.82. The number of amides is 1. The van der Waals surface area contributed by atoms with Crippen LogP contribution in [0.4, 0.5) is 5.82 Å². The Hall–Kier alpha value is -2.19. The Morgan fingerprint density at radius 3 is 2.92 bits per heavy atom. The van der Waals surface area contributed by atoms with Gasteiger partial charge in [-0.2, -0.15) is 5.10 Å².